The molecule has 0 spiro atoms. The fourth-order valence-electron chi connectivity index (χ4n) is 2.52. The maximum atomic E-state index is 12.1. The molecule has 1 aromatic rings. The van der Waals surface area contributed by atoms with E-state index in [4.69, 9.17) is 23.2 Å². The summed E-state index contributed by atoms with van der Waals surface area (Å²) in [6, 6.07) is 5.12. The molecule has 1 aliphatic carbocycles. The Kier molecular flexibility index (Phi) is 5.48. The van der Waals surface area contributed by atoms with Gasteiger partial charge >= 0.3 is 0 Å². The topological polar surface area (TPSA) is 49.4 Å². The first-order valence-corrected chi connectivity index (χ1v) is 7.75. The third-order valence-electron chi connectivity index (χ3n) is 3.62. The van der Waals surface area contributed by atoms with Gasteiger partial charge in [-0.25, -0.2) is 0 Å². The van der Waals surface area contributed by atoms with E-state index in [0.29, 0.717) is 15.7 Å². The SMILES string of the molecule is CC(=O)N(CC(=O)NC1CCCC1)c1ccc(Cl)c(Cl)c1. The van der Waals surface area contributed by atoms with Crippen molar-refractivity contribution in [2.24, 2.45) is 0 Å². The molecule has 4 nitrogen and oxygen atoms in total. The minimum atomic E-state index is -0.213. The second-order valence-corrected chi connectivity index (χ2v) is 6.07. The summed E-state index contributed by atoms with van der Waals surface area (Å²) in [6.45, 7) is 1.41. The van der Waals surface area contributed by atoms with Crippen LogP contribution in [0.5, 0.6) is 0 Å². The zero-order chi connectivity index (χ0) is 15.4. The average molecular weight is 329 g/mol. The molecule has 2 amide bonds. The van der Waals surface area contributed by atoms with E-state index in [2.05, 4.69) is 5.32 Å². The van der Waals surface area contributed by atoms with E-state index in [9.17, 15) is 9.59 Å². The maximum Gasteiger partial charge on any atom is 0.240 e. The summed E-state index contributed by atoms with van der Waals surface area (Å²) >= 11 is 11.8. The normalized spacial score (nSPS) is 15.0. The Morgan fingerprint density at radius 3 is 2.48 bits per heavy atom. The third-order valence-corrected chi connectivity index (χ3v) is 4.36. The Morgan fingerprint density at radius 2 is 1.90 bits per heavy atom. The Morgan fingerprint density at radius 1 is 1.24 bits per heavy atom. The molecule has 2 rings (SSSR count). The number of carbonyl (C=O) groups excluding carboxylic acids is 2. The van der Waals surface area contributed by atoms with E-state index >= 15 is 0 Å². The van der Waals surface area contributed by atoms with Crippen LogP contribution in [-0.2, 0) is 9.59 Å². The number of hydrogen-bond acceptors (Lipinski definition) is 2. The van der Waals surface area contributed by atoms with Crippen molar-refractivity contribution < 1.29 is 9.59 Å². The lowest BCUT2D eigenvalue weighted by Crippen LogP contribution is -2.43. The Balaban J connectivity index is 2.06. The first-order valence-electron chi connectivity index (χ1n) is 7.00. The number of benzene rings is 1. The maximum absolute atomic E-state index is 12.1. The number of nitrogens with zero attached hydrogens (tertiary/aromatic N) is 1. The van der Waals surface area contributed by atoms with Crippen molar-refractivity contribution in [3.8, 4) is 0 Å². The average Bonchev–Trinajstić information content (AvgIpc) is 2.92. The Bertz CT molecular complexity index is 542. The van der Waals surface area contributed by atoms with Gasteiger partial charge in [0, 0.05) is 18.7 Å². The van der Waals surface area contributed by atoms with Gasteiger partial charge in [-0.1, -0.05) is 36.0 Å². The molecule has 114 valence electrons. The Hall–Kier alpha value is -1.26. The molecule has 1 aliphatic rings. The molecule has 0 heterocycles. The number of anilines is 1. The van der Waals surface area contributed by atoms with Gasteiger partial charge in [-0.3, -0.25) is 9.59 Å². The van der Waals surface area contributed by atoms with Crippen LogP contribution in [0.15, 0.2) is 18.2 Å². The molecule has 1 saturated carbocycles. The van der Waals surface area contributed by atoms with Crippen molar-refractivity contribution in [3.05, 3.63) is 28.2 Å². The lowest BCUT2D eigenvalue weighted by Gasteiger charge is -2.22. The summed E-state index contributed by atoms with van der Waals surface area (Å²) in [6.07, 6.45) is 4.32. The van der Waals surface area contributed by atoms with Crippen molar-refractivity contribution >= 4 is 40.7 Å². The smallest absolute Gasteiger partial charge is 0.240 e. The van der Waals surface area contributed by atoms with Gasteiger partial charge in [-0.05, 0) is 31.0 Å². The van der Waals surface area contributed by atoms with E-state index in [1.54, 1.807) is 18.2 Å². The molecule has 0 bridgehead atoms. The third kappa shape index (κ3) is 4.35. The lowest BCUT2D eigenvalue weighted by atomic mass is 10.2. The fraction of sp³-hybridized carbons (Fsp3) is 0.467. The van der Waals surface area contributed by atoms with Gasteiger partial charge in [0.1, 0.15) is 6.54 Å². The standard InChI is InChI=1S/C15H18Cl2N2O2/c1-10(20)19(12-6-7-13(16)14(17)8-12)9-15(21)18-11-4-2-3-5-11/h6-8,11H,2-5,9H2,1H3,(H,18,21). The molecule has 6 heteroatoms. The summed E-state index contributed by atoms with van der Waals surface area (Å²) in [5.74, 6) is -0.363. The summed E-state index contributed by atoms with van der Waals surface area (Å²) in [5, 5.41) is 3.74. The van der Waals surface area contributed by atoms with Gasteiger partial charge < -0.3 is 10.2 Å². The summed E-state index contributed by atoms with van der Waals surface area (Å²) in [5.41, 5.74) is 0.568. The number of rotatable bonds is 4. The van der Waals surface area contributed by atoms with E-state index in [-0.39, 0.29) is 24.4 Å². The molecule has 1 N–H and O–H groups in total. The molecule has 0 unspecified atom stereocenters. The molecule has 1 aromatic carbocycles. The molecular weight excluding hydrogens is 311 g/mol. The van der Waals surface area contributed by atoms with Crippen LogP contribution in [0, 0.1) is 0 Å². The van der Waals surface area contributed by atoms with Crippen LogP contribution in [-0.4, -0.2) is 24.4 Å². The number of nitrogens with one attached hydrogen (secondary N) is 1. The predicted molar refractivity (Wildman–Crippen MR) is 84.9 cm³/mol. The number of halogens is 2. The highest BCUT2D eigenvalue weighted by molar-refractivity contribution is 6.42. The van der Waals surface area contributed by atoms with Crippen molar-refractivity contribution in [3.63, 3.8) is 0 Å². The largest absolute Gasteiger partial charge is 0.352 e. The minimum Gasteiger partial charge on any atom is -0.352 e. The highest BCUT2D eigenvalue weighted by Crippen LogP contribution is 2.27. The van der Waals surface area contributed by atoms with Crippen molar-refractivity contribution in [2.75, 3.05) is 11.4 Å². The molecular formula is C15H18Cl2N2O2. The molecule has 1 fully saturated rings. The monoisotopic (exact) mass is 328 g/mol. The fourth-order valence-corrected chi connectivity index (χ4v) is 2.82. The molecule has 0 aromatic heterocycles. The van der Waals surface area contributed by atoms with Gasteiger partial charge in [0.05, 0.1) is 10.0 Å². The van der Waals surface area contributed by atoms with Crippen molar-refractivity contribution in [1.29, 1.82) is 0 Å². The van der Waals surface area contributed by atoms with E-state index in [1.165, 1.54) is 11.8 Å². The van der Waals surface area contributed by atoms with Gasteiger partial charge in [0.15, 0.2) is 0 Å². The zero-order valence-electron chi connectivity index (χ0n) is 11.9. The first kappa shape index (κ1) is 16.1. The molecule has 0 saturated heterocycles. The Labute approximate surface area is 134 Å². The van der Waals surface area contributed by atoms with Crippen molar-refractivity contribution in [1.82, 2.24) is 5.32 Å². The van der Waals surface area contributed by atoms with E-state index in [1.807, 2.05) is 0 Å². The summed E-state index contributed by atoms with van der Waals surface area (Å²) < 4.78 is 0. The number of carbonyl (C=O) groups is 2. The number of amides is 2. The molecule has 21 heavy (non-hydrogen) atoms. The van der Waals surface area contributed by atoms with Gasteiger partial charge in [-0.2, -0.15) is 0 Å². The van der Waals surface area contributed by atoms with E-state index < -0.39 is 0 Å². The van der Waals surface area contributed by atoms with Crippen LogP contribution in [0.25, 0.3) is 0 Å². The number of hydrogen-bond donors (Lipinski definition) is 1. The van der Waals surface area contributed by atoms with Crippen LogP contribution >= 0.6 is 23.2 Å². The van der Waals surface area contributed by atoms with Crippen LogP contribution in [0.3, 0.4) is 0 Å². The van der Waals surface area contributed by atoms with Gasteiger partial charge in [0.25, 0.3) is 0 Å². The molecule has 0 atom stereocenters. The second-order valence-electron chi connectivity index (χ2n) is 5.25. The summed E-state index contributed by atoms with van der Waals surface area (Å²) in [4.78, 5) is 25.3. The van der Waals surface area contributed by atoms with Gasteiger partial charge in [0.2, 0.25) is 11.8 Å². The van der Waals surface area contributed by atoms with Crippen LogP contribution in [0.4, 0.5) is 5.69 Å². The molecule has 0 radical (unpaired) electrons. The quantitative estimate of drug-likeness (QED) is 0.920. The second kappa shape index (κ2) is 7.14. The van der Waals surface area contributed by atoms with E-state index in [0.717, 1.165) is 25.7 Å². The lowest BCUT2D eigenvalue weighted by molar-refractivity contribution is -0.123. The zero-order valence-corrected chi connectivity index (χ0v) is 13.4. The van der Waals surface area contributed by atoms with Crippen LogP contribution in [0.1, 0.15) is 32.6 Å². The molecule has 0 aliphatic heterocycles. The minimum absolute atomic E-state index is 0.0101. The predicted octanol–water partition coefficient (Wildman–Crippen LogP) is 3.41. The highest BCUT2D eigenvalue weighted by atomic mass is 35.5. The summed E-state index contributed by atoms with van der Waals surface area (Å²) in [7, 11) is 0. The van der Waals surface area contributed by atoms with Crippen LogP contribution < -0.4 is 10.2 Å². The first-order chi connectivity index (χ1) is 9.97. The van der Waals surface area contributed by atoms with Crippen molar-refractivity contribution in [2.45, 2.75) is 38.6 Å². The van der Waals surface area contributed by atoms with Gasteiger partial charge in [-0.15, -0.1) is 0 Å². The highest BCUT2D eigenvalue weighted by Gasteiger charge is 2.21. The van der Waals surface area contributed by atoms with Crippen LogP contribution in [0.2, 0.25) is 10.0 Å².